The molecule has 0 unspecified atom stereocenters. The molecule has 0 aromatic heterocycles. The van der Waals surface area contributed by atoms with Crippen LogP contribution in [0.2, 0.25) is 0 Å². The van der Waals surface area contributed by atoms with Crippen LogP contribution in [0.15, 0.2) is 18.2 Å². The first kappa shape index (κ1) is 19.5. The molecule has 2 rings (SSSR count). The standard InChI is InChI=1S/C16H18F3N3O4/c1-10(23)20-8-14(24)21-9-15(25)22-6-2-3-11-7-12(4-5-13(11)22)26-16(17,18)19/h4-5,7H,2-3,6,8-9H2,1H3,(H,20,23)(H,21,24). The summed E-state index contributed by atoms with van der Waals surface area (Å²) < 4.78 is 40.8. The second-order valence-corrected chi connectivity index (χ2v) is 5.67. The zero-order valence-electron chi connectivity index (χ0n) is 14.0. The van der Waals surface area contributed by atoms with E-state index in [-0.39, 0.29) is 24.7 Å². The van der Waals surface area contributed by atoms with Gasteiger partial charge in [-0.3, -0.25) is 14.4 Å². The Balaban J connectivity index is 2.00. The number of fused-ring (bicyclic) bond motifs is 1. The number of hydrogen-bond acceptors (Lipinski definition) is 4. The Bertz CT molecular complexity index is 706. The maximum Gasteiger partial charge on any atom is 0.573 e. The van der Waals surface area contributed by atoms with Crippen molar-refractivity contribution in [2.24, 2.45) is 0 Å². The minimum absolute atomic E-state index is 0.239. The van der Waals surface area contributed by atoms with Gasteiger partial charge >= 0.3 is 6.36 Å². The number of nitrogens with zero attached hydrogens (tertiary/aromatic N) is 1. The van der Waals surface area contributed by atoms with E-state index in [4.69, 9.17) is 0 Å². The number of rotatable bonds is 5. The van der Waals surface area contributed by atoms with Gasteiger partial charge in [-0.15, -0.1) is 13.2 Å². The molecule has 1 aromatic rings. The number of hydrogen-bond donors (Lipinski definition) is 2. The lowest BCUT2D eigenvalue weighted by atomic mass is 10.0. The van der Waals surface area contributed by atoms with E-state index >= 15 is 0 Å². The van der Waals surface area contributed by atoms with Crippen molar-refractivity contribution < 1.29 is 32.3 Å². The average Bonchev–Trinajstić information content (AvgIpc) is 2.55. The van der Waals surface area contributed by atoms with Crippen LogP contribution in [0.3, 0.4) is 0 Å². The fourth-order valence-corrected chi connectivity index (χ4v) is 2.57. The monoisotopic (exact) mass is 373 g/mol. The Morgan fingerprint density at radius 1 is 1.19 bits per heavy atom. The topological polar surface area (TPSA) is 87.7 Å². The van der Waals surface area contributed by atoms with Crippen molar-refractivity contribution in [2.75, 3.05) is 24.5 Å². The van der Waals surface area contributed by atoms with E-state index in [0.717, 1.165) is 6.07 Å². The number of carbonyl (C=O) groups excluding carboxylic acids is 3. The Labute approximate surface area is 147 Å². The first-order valence-electron chi connectivity index (χ1n) is 7.86. The van der Waals surface area contributed by atoms with Crippen molar-refractivity contribution >= 4 is 23.4 Å². The summed E-state index contributed by atoms with van der Waals surface area (Å²) in [6, 6.07) is 3.80. The first-order chi connectivity index (χ1) is 12.2. The molecule has 10 heteroatoms. The number of carbonyl (C=O) groups is 3. The van der Waals surface area contributed by atoms with Crippen LogP contribution in [0.25, 0.3) is 0 Å². The molecular formula is C16H18F3N3O4. The SMILES string of the molecule is CC(=O)NCC(=O)NCC(=O)N1CCCc2cc(OC(F)(F)F)ccc21. The van der Waals surface area contributed by atoms with Crippen LogP contribution < -0.4 is 20.3 Å². The van der Waals surface area contributed by atoms with Gasteiger partial charge in [0.15, 0.2) is 0 Å². The number of halogens is 3. The predicted octanol–water partition coefficient (Wildman–Crippen LogP) is 1.12. The highest BCUT2D eigenvalue weighted by atomic mass is 19.4. The summed E-state index contributed by atoms with van der Waals surface area (Å²) in [5.41, 5.74) is 1.06. The third-order valence-corrected chi connectivity index (χ3v) is 3.64. The minimum atomic E-state index is -4.78. The summed E-state index contributed by atoms with van der Waals surface area (Å²) in [5.74, 6) is -1.62. The molecule has 3 amide bonds. The van der Waals surface area contributed by atoms with E-state index in [1.54, 1.807) is 0 Å². The van der Waals surface area contributed by atoms with E-state index in [1.807, 2.05) is 0 Å². The van der Waals surface area contributed by atoms with Crippen molar-refractivity contribution in [1.29, 1.82) is 0 Å². The summed E-state index contributed by atoms with van der Waals surface area (Å²) >= 11 is 0. The molecule has 1 heterocycles. The highest BCUT2D eigenvalue weighted by molar-refractivity contribution is 5.98. The molecule has 0 radical (unpaired) electrons. The fraction of sp³-hybridized carbons (Fsp3) is 0.438. The highest BCUT2D eigenvalue weighted by Gasteiger charge is 2.32. The van der Waals surface area contributed by atoms with Gasteiger partial charge in [0.05, 0.1) is 13.1 Å². The van der Waals surface area contributed by atoms with Crippen LogP contribution in [-0.2, 0) is 20.8 Å². The van der Waals surface area contributed by atoms with Gasteiger partial charge in [0.2, 0.25) is 17.7 Å². The van der Waals surface area contributed by atoms with Gasteiger partial charge in [0, 0.05) is 19.2 Å². The lowest BCUT2D eigenvalue weighted by molar-refractivity contribution is -0.274. The molecule has 7 nitrogen and oxygen atoms in total. The van der Waals surface area contributed by atoms with Gasteiger partial charge in [-0.05, 0) is 36.6 Å². The van der Waals surface area contributed by atoms with Gasteiger partial charge in [-0.2, -0.15) is 0 Å². The second kappa shape index (κ2) is 8.07. The molecule has 0 saturated heterocycles. The van der Waals surface area contributed by atoms with E-state index in [1.165, 1.54) is 24.0 Å². The molecule has 0 bridgehead atoms. The van der Waals surface area contributed by atoms with Gasteiger partial charge < -0.3 is 20.3 Å². The molecule has 2 N–H and O–H groups in total. The van der Waals surface area contributed by atoms with Crippen molar-refractivity contribution in [2.45, 2.75) is 26.1 Å². The molecular weight excluding hydrogens is 355 g/mol. The Hall–Kier alpha value is -2.78. The maximum absolute atomic E-state index is 12.3. The van der Waals surface area contributed by atoms with Crippen LogP contribution in [0, 0.1) is 0 Å². The summed E-state index contributed by atoms with van der Waals surface area (Å²) in [5, 5.41) is 4.70. The molecule has 1 aromatic carbocycles. The van der Waals surface area contributed by atoms with E-state index in [0.29, 0.717) is 30.6 Å². The van der Waals surface area contributed by atoms with E-state index in [2.05, 4.69) is 15.4 Å². The zero-order chi connectivity index (χ0) is 19.3. The smallest absolute Gasteiger partial charge is 0.406 e. The van der Waals surface area contributed by atoms with Gasteiger partial charge in [-0.25, -0.2) is 0 Å². The van der Waals surface area contributed by atoms with Crippen molar-refractivity contribution in [3.05, 3.63) is 23.8 Å². The fourth-order valence-electron chi connectivity index (χ4n) is 2.57. The van der Waals surface area contributed by atoms with Crippen molar-refractivity contribution in [3.8, 4) is 5.75 Å². The Morgan fingerprint density at radius 2 is 1.92 bits per heavy atom. The highest BCUT2D eigenvalue weighted by Crippen LogP contribution is 2.32. The van der Waals surface area contributed by atoms with E-state index in [9.17, 15) is 27.6 Å². The molecule has 0 saturated carbocycles. The molecule has 1 aliphatic heterocycles. The molecule has 26 heavy (non-hydrogen) atoms. The van der Waals surface area contributed by atoms with Gasteiger partial charge in [-0.1, -0.05) is 0 Å². The maximum atomic E-state index is 12.3. The minimum Gasteiger partial charge on any atom is -0.406 e. The summed E-state index contributed by atoms with van der Waals surface area (Å²) in [4.78, 5) is 36.0. The number of nitrogens with one attached hydrogen (secondary N) is 2. The molecule has 0 atom stereocenters. The molecule has 0 aliphatic carbocycles. The van der Waals surface area contributed by atoms with Gasteiger partial charge in [0.25, 0.3) is 0 Å². The molecule has 1 aliphatic rings. The van der Waals surface area contributed by atoms with Crippen LogP contribution in [-0.4, -0.2) is 43.7 Å². The Kier molecular flexibility index (Phi) is 6.06. The van der Waals surface area contributed by atoms with Crippen molar-refractivity contribution in [1.82, 2.24) is 10.6 Å². The largest absolute Gasteiger partial charge is 0.573 e. The number of amides is 3. The molecule has 0 spiro atoms. The lowest BCUT2D eigenvalue weighted by Crippen LogP contribution is -2.44. The van der Waals surface area contributed by atoms with Crippen LogP contribution in [0.1, 0.15) is 18.9 Å². The predicted molar refractivity (Wildman–Crippen MR) is 85.5 cm³/mol. The number of aryl methyl sites for hydroxylation is 1. The third kappa shape index (κ3) is 5.64. The molecule has 0 fully saturated rings. The third-order valence-electron chi connectivity index (χ3n) is 3.64. The number of alkyl halides is 3. The molecule has 142 valence electrons. The summed E-state index contributed by atoms with van der Waals surface area (Å²) in [7, 11) is 0. The van der Waals surface area contributed by atoms with E-state index < -0.39 is 18.2 Å². The number of benzene rings is 1. The normalized spacial score (nSPS) is 13.6. The van der Waals surface area contributed by atoms with Gasteiger partial charge in [0.1, 0.15) is 5.75 Å². The zero-order valence-corrected chi connectivity index (χ0v) is 14.0. The number of ether oxygens (including phenoxy) is 1. The number of anilines is 1. The average molecular weight is 373 g/mol. The van der Waals surface area contributed by atoms with Crippen LogP contribution in [0.4, 0.5) is 18.9 Å². The van der Waals surface area contributed by atoms with Crippen molar-refractivity contribution in [3.63, 3.8) is 0 Å². The lowest BCUT2D eigenvalue weighted by Gasteiger charge is -2.30. The summed E-state index contributed by atoms with van der Waals surface area (Å²) in [6.45, 7) is 1.14. The Morgan fingerprint density at radius 3 is 2.58 bits per heavy atom. The quantitative estimate of drug-likeness (QED) is 0.810. The van der Waals surface area contributed by atoms with Crippen LogP contribution >= 0.6 is 0 Å². The second-order valence-electron chi connectivity index (χ2n) is 5.67. The summed E-state index contributed by atoms with van der Waals surface area (Å²) in [6.07, 6.45) is -3.69. The van der Waals surface area contributed by atoms with Crippen LogP contribution in [0.5, 0.6) is 5.75 Å². The first-order valence-corrected chi connectivity index (χ1v) is 7.86.